The molecule has 0 aliphatic rings. The number of carbonyl (C=O) groups excluding carboxylic acids is 1. The first-order valence-electron chi connectivity index (χ1n) is 5.44. The summed E-state index contributed by atoms with van der Waals surface area (Å²) in [6.07, 6.45) is 7.80. The molecule has 0 aromatic carbocycles. The summed E-state index contributed by atoms with van der Waals surface area (Å²) < 4.78 is 4.59. The minimum atomic E-state index is -0.132. The summed E-state index contributed by atoms with van der Waals surface area (Å²) in [7, 11) is 1.43. The smallest absolute Gasteiger partial charge is 0.305 e. The fraction of sp³-hybridized carbons (Fsp3) is 0.615. The lowest BCUT2D eigenvalue weighted by atomic mass is 10.1. The van der Waals surface area contributed by atoms with E-state index in [1.165, 1.54) is 18.3 Å². The van der Waals surface area contributed by atoms with Crippen molar-refractivity contribution in [1.29, 1.82) is 0 Å². The van der Waals surface area contributed by atoms with Gasteiger partial charge in [0.1, 0.15) is 0 Å². The van der Waals surface area contributed by atoms with Crippen molar-refractivity contribution in [3.63, 3.8) is 0 Å². The third kappa shape index (κ3) is 7.98. The van der Waals surface area contributed by atoms with Crippen molar-refractivity contribution in [2.24, 2.45) is 0 Å². The van der Waals surface area contributed by atoms with Crippen molar-refractivity contribution in [2.75, 3.05) is 7.11 Å². The quantitative estimate of drug-likeness (QED) is 0.494. The van der Waals surface area contributed by atoms with Crippen LogP contribution in [0, 0.1) is 0 Å². The normalized spacial score (nSPS) is 12.8. The topological polar surface area (TPSA) is 26.3 Å². The van der Waals surface area contributed by atoms with E-state index in [4.69, 9.17) is 0 Å². The highest BCUT2D eigenvalue weighted by molar-refractivity contribution is 5.69. The summed E-state index contributed by atoms with van der Waals surface area (Å²) in [4.78, 5) is 10.9. The maximum atomic E-state index is 10.9. The van der Waals surface area contributed by atoms with Crippen LogP contribution < -0.4 is 0 Å². The van der Waals surface area contributed by atoms with E-state index >= 15 is 0 Å². The summed E-state index contributed by atoms with van der Waals surface area (Å²) in [5.74, 6) is -0.132. The third-order valence-electron chi connectivity index (χ3n) is 2.48. The summed E-state index contributed by atoms with van der Waals surface area (Å²) in [5, 5.41) is 0. The molecule has 0 radical (unpaired) electrons. The predicted molar refractivity (Wildman–Crippen MR) is 63.7 cm³/mol. The molecular weight excluding hydrogens is 188 g/mol. The van der Waals surface area contributed by atoms with Gasteiger partial charge in [0.25, 0.3) is 0 Å². The zero-order valence-electron chi connectivity index (χ0n) is 10.3. The summed E-state index contributed by atoms with van der Waals surface area (Å²) >= 11 is 0. The van der Waals surface area contributed by atoms with Crippen LogP contribution in [0.3, 0.4) is 0 Å². The van der Waals surface area contributed by atoms with Gasteiger partial charge in [0.2, 0.25) is 0 Å². The van der Waals surface area contributed by atoms with Crippen LogP contribution in [-0.2, 0) is 9.53 Å². The molecule has 0 aliphatic carbocycles. The van der Waals surface area contributed by atoms with Gasteiger partial charge in [-0.15, -0.1) is 0 Å². The molecule has 0 aliphatic heterocycles. The summed E-state index contributed by atoms with van der Waals surface area (Å²) in [6, 6.07) is 0. The van der Waals surface area contributed by atoms with Gasteiger partial charge in [-0.1, -0.05) is 23.3 Å². The Labute approximate surface area is 93.0 Å². The molecule has 2 heteroatoms. The number of esters is 1. The number of rotatable bonds is 6. The van der Waals surface area contributed by atoms with Gasteiger partial charge in [-0.05, 0) is 40.0 Å². The molecule has 0 atom stereocenters. The Kier molecular flexibility index (Phi) is 7.69. The van der Waals surface area contributed by atoms with E-state index in [9.17, 15) is 4.79 Å². The molecule has 2 nitrogen and oxygen atoms in total. The Morgan fingerprint density at radius 1 is 1.13 bits per heavy atom. The molecule has 0 rings (SSSR count). The maximum Gasteiger partial charge on any atom is 0.305 e. The van der Waals surface area contributed by atoms with Gasteiger partial charge < -0.3 is 4.74 Å². The molecule has 0 saturated heterocycles. The molecule has 86 valence electrons. The third-order valence-corrected chi connectivity index (χ3v) is 2.48. The second-order valence-electron chi connectivity index (χ2n) is 3.80. The highest BCUT2D eigenvalue weighted by Crippen LogP contribution is 2.10. The highest BCUT2D eigenvalue weighted by Gasteiger charge is 1.99. The van der Waals surface area contributed by atoms with E-state index in [0.29, 0.717) is 6.42 Å². The van der Waals surface area contributed by atoms with Gasteiger partial charge in [0.05, 0.1) is 7.11 Å². The largest absolute Gasteiger partial charge is 0.469 e. The molecule has 0 fully saturated rings. The standard InChI is InChI=1S/C13H22O2/c1-5-11(2)7-6-8-12(3)9-10-13(14)15-4/h5,8H,6-7,9-10H2,1-4H3. The lowest BCUT2D eigenvalue weighted by Crippen LogP contribution is -1.99. The first kappa shape index (κ1) is 13.9. The zero-order chi connectivity index (χ0) is 11.7. The minimum Gasteiger partial charge on any atom is -0.469 e. The van der Waals surface area contributed by atoms with Crippen molar-refractivity contribution in [3.8, 4) is 0 Å². The number of hydrogen-bond acceptors (Lipinski definition) is 2. The van der Waals surface area contributed by atoms with Crippen LogP contribution in [0.15, 0.2) is 23.3 Å². The van der Waals surface area contributed by atoms with Crippen LogP contribution in [0.2, 0.25) is 0 Å². The van der Waals surface area contributed by atoms with Crippen molar-refractivity contribution in [3.05, 3.63) is 23.3 Å². The molecule has 0 unspecified atom stereocenters. The monoisotopic (exact) mass is 210 g/mol. The molecule has 0 spiro atoms. The van der Waals surface area contributed by atoms with E-state index < -0.39 is 0 Å². The van der Waals surface area contributed by atoms with E-state index in [1.807, 2.05) is 0 Å². The molecule has 0 heterocycles. The van der Waals surface area contributed by atoms with Gasteiger partial charge in [-0.3, -0.25) is 4.79 Å². The Morgan fingerprint density at radius 2 is 1.80 bits per heavy atom. The molecule has 0 bridgehead atoms. The highest BCUT2D eigenvalue weighted by atomic mass is 16.5. The second kappa shape index (κ2) is 8.27. The SMILES string of the molecule is CC=C(C)CCC=C(C)CCC(=O)OC. The molecule has 15 heavy (non-hydrogen) atoms. The van der Waals surface area contributed by atoms with Crippen molar-refractivity contribution >= 4 is 5.97 Å². The number of methoxy groups -OCH3 is 1. The van der Waals surface area contributed by atoms with E-state index in [-0.39, 0.29) is 5.97 Å². The summed E-state index contributed by atoms with van der Waals surface area (Å²) in [6.45, 7) is 6.26. The van der Waals surface area contributed by atoms with Gasteiger partial charge in [-0.2, -0.15) is 0 Å². The first-order chi connectivity index (χ1) is 7.10. The van der Waals surface area contributed by atoms with Crippen molar-refractivity contribution in [1.82, 2.24) is 0 Å². The summed E-state index contributed by atoms with van der Waals surface area (Å²) in [5.41, 5.74) is 2.68. The van der Waals surface area contributed by atoms with Gasteiger partial charge in [0.15, 0.2) is 0 Å². The van der Waals surface area contributed by atoms with E-state index in [0.717, 1.165) is 19.3 Å². The molecule has 0 amide bonds. The second-order valence-corrected chi connectivity index (χ2v) is 3.80. The predicted octanol–water partition coefficient (Wildman–Crippen LogP) is 3.63. The Hall–Kier alpha value is -1.05. The van der Waals surface area contributed by atoms with Crippen LogP contribution in [0.1, 0.15) is 46.5 Å². The van der Waals surface area contributed by atoms with Crippen molar-refractivity contribution < 1.29 is 9.53 Å². The molecule has 0 aromatic rings. The molecular formula is C13H22O2. The Bertz CT molecular complexity index is 249. The fourth-order valence-electron chi connectivity index (χ4n) is 1.19. The van der Waals surface area contributed by atoms with Crippen molar-refractivity contribution in [2.45, 2.75) is 46.5 Å². The molecule has 0 N–H and O–H groups in total. The number of hydrogen-bond donors (Lipinski definition) is 0. The van der Waals surface area contributed by atoms with Crippen LogP contribution >= 0.6 is 0 Å². The Morgan fingerprint density at radius 3 is 2.33 bits per heavy atom. The number of allylic oxidation sites excluding steroid dienone is 4. The van der Waals surface area contributed by atoms with Crippen LogP contribution in [0.5, 0.6) is 0 Å². The van der Waals surface area contributed by atoms with Crippen LogP contribution in [-0.4, -0.2) is 13.1 Å². The maximum absolute atomic E-state index is 10.9. The van der Waals surface area contributed by atoms with E-state index in [2.05, 4.69) is 37.7 Å². The van der Waals surface area contributed by atoms with Crippen LogP contribution in [0.4, 0.5) is 0 Å². The average Bonchev–Trinajstić information content (AvgIpc) is 2.25. The number of carbonyl (C=O) groups is 1. The van der Waals surface area contributed by atoms with Crippen LogP contribution in [0.25, 0.3) is 0 Å². The average molecular weight is 210 g/mol. The van der Waals surface area contributed by atoms with Gasteiger partial charge >= 0.3 is 5.97 Å². The lowest BCUT2D eigenvalue weighted by molar-refractivity contribution is -0.140. The van der Waals surface area contributed by atoms with Gasteiger partial charge in [-0.25, -0.2) is 0 Å². The first-order valence-corrected chi connectivity index (χ1v) is 5.44. The zero-order valence-corrected chi connectivity index (χ0v) is 10.3. The molecule has 0 saturated carbocycles. The minimum absolute atomic E-state index is 0.132. The fourth-order valence-corrected chi connectivity index (χ4v) is 1.19. The lowest BCUT2D eigenvalue weighted by Gasteiger charge is -2.01. The Balaban J connectivity index is 3.75. The van der Waals surface area contributed by atoms with E-state index in [1.54, 1.807) is 0 Å². The van der Waals surface area contributed by atoms with Gasteiger partial charge in [0, 0.05) is 6.42 Å². The molecule has 0 aromatic heterocycles. The number of ether oxygens (including phenoxy) is 1.